The number of aromatic nitrogens is 4. The molecule has 2 aliphatic rings. The van der Waals surface area contributed by atoms with Crippen LogP contribution in [0.5, 0.6) is 0 Å². The maximum Gasteiger partial charge on any atom is 0.481 e. The van der Waals surface area contributed by atoms with Gasteiger partial charge in [-0.1, -0.05) is 30.3 Å². The summed E-state index contributed by atoms with van der Waals surface area (Å²) in [6.45, 7) is -1.65. The molecule has 224 valence electrons. The zero-order chi connectivity index (χ0) is 29.5. The SMILES string of the molecule is Nc1ncnc2c1ncn2[C@@H]1O[C@H](COP(=O)(O)OP(=O)(O)OCC2OC(c3ccccc3)C(O)C2O)[C@H](O)[C@H]1O. The molecule has 3 aromatic rings. The predicted molar refractivity (Wildman–Crippen MR) is 134 cm³/mol. The molecule has 1 aromatic carbocycles. The molecule has 6 unspecified atom stereocenters. The van der Waals surface area contributed by atoms with Crippen LogP contribution in [0.3, 0.4) is 0 Å². The Morgan fingerprint density at radius 1 is 0.854 bits per heavy atom. The maximum absolute atomic E-state index is 12.4. The van der Waals surface area contributed by atoms with Gasteiger partial charge in [0.15, 0.2) is 17.7 Å². The highest BCUT2D eigenvalue weighted by Gasteiger charge is 2.47. The van der Waals surface area contributed by atoms with E-state index in [0.29, 0.717) is 5.56 Å². The summed E-state index contributed by atoms with van der Waals surface area (Å²) in [6.07, 6.45) is -8.54. The lowest BCUT2D eigenvalue weighted by Gasteiger charge is -2.20. The van der Waals surface area contributed by atoms with E-state index in [1.54, 1.807) is 30.3 Å². The average molecular weight is 619 g/mol. The molecule has 2 aliphatic heterocycles. The Balaban J connectivity index is 1.15. The third-order valence-electron chi connectivity index (χ3n) is 6.50. The van der Waals surface area contributed by atoms with E-state index in [9.17, 15) is 39.3 Å². The number of anilines is 1. The maximum atomic E-state index is 12.4. The number of hydrogen-bond acceptors (Lipinski definition) is 15. The van der Waals surface area contributed by atoms with Gasteiger partial charge in [0.25, 0.3) is 0 Å². The number of fused-ring (bicyclic) bond motifs is 1. The van der Waals surface area contributed by atoms with Crippen molar-refractivity contribution < 1.29 is 62.2 Å². The van der Waals surface area contributed by atoms with E-state index in [1.807, 2.05) is 0 Å². The van der Waals surface area contributed by atoms with Crippen LogP contribution in [0.15, 0.2) is 43.0 Å². The number of phosphoric acid groups is 2. The number of phosphoric ester groups is 2. The van der Waals surface area contributed by atoms with E-state index in [1.165, 1.54) is 10.9 Å². The van der Waals surface area contributed by atoms with Gasteiger partial charge in [-0.15, -0.1) is 0 Å². The molecule has 0 spiro atoms. The van der Waals surface area contributed by atoms with E-state index in [2.05, 4.69) is 19.3 Å². The van der Waals surface area contributed by atoms with Gasteiger partial charge < -0.3 is 45.4 Å². The first-order valence-electron chi connectivity index (χ1n) is 12.0. The molecule has 10 atom stereocenters. The molecule has 41 heavy (non-hydrogen) atoms. The first-order valence-corrected chi connectivity index (χ1v) is 15.0. The molecular weight excluding hydrogens is 592 g/mol. The van der Waals surface area contributed by atoms with Crippen molar-refractivity contribution in [2.24, 2.45) is 0 Å². The van der Waals surface area contributed by atoms with Crippen LogP contribution in [-0.4, -0.2) is 99.6 Å². The molecular formula is C21H27N5O13P2. The average Bonchev–Trinajstić information content (AvgIpc) is 3.57. The van der Waals surface area contributed by atoms with Gasteiger partial charge in [-0.25, -0.2) is 24.1 Å². The van der Waals surface area contributed by atoms with Gasteiger partial charge in [0.05, 0.1) is 19.5 Å². The molecule has 2 saturated heterocycles. The summed E-state index contributed by atoms with van der Waals surface area (Å²) in [6, 6.07) is 8.42. The second-order valence-electron chi connectivity index (χ2n) is 9.23. The van der Waals surface area contributed by atoms with Crippen LogP contribution in [0.1, 0.15) is 17.9 Å². The van der Waals surface area contributed by atoms with Crippen molar-refractivity contribution in [1.29, 1.82) is 0 Å². The Morgan fingerprint density at radius 2 is 1.46 bits per heavy atom. The van der Waals surface area contributed by atoms with Crippen molar-refractivity contribution in [2.75, 3.05) is 18.9 Å². The van der Waals surface area contributed by atoms with Gasteiger partial charge in [-0.05, 0) is 5.56 Å². The van der Waals surface area contributed by atoms with E-state index >= 15 is 0 Å². The number of rotatable bonds is 10. The molecule has 8 N–H and O–H groups in total. The van der Waals surface area contributed by atoms with Crippen LogP contribution in [0, 0.1) is 0 Å². The third kappa shape index (κ3) is 6.35. The fourth-order valence-corrected chi connectivity index (χ4v) is 6.56. The molecule has 0 radical (unpaired) electrons. The normalized spacial score (nSPS) is 33.1. The number of benzene rings is 1. The lowest BCUT2D eigenvalue weighted by Crippen LogP contribution is -2.33. The minimum Gasteiger partial charge on any atom is -0.387 e. The molecule has 0 bridgehead atoms. The Labute approximate surface area is 231 Å². The number of imidazole rings is 1. The zero-order valence-corrected chi connectivity index (χ0v) is 22.7. The van der Waals surface area contributed by atoms with Crippen molar-refractivity contribution in [2.45, 2.75) is 49.0 Å². The highest BCUT2D eigenvalue weighted by atomic mass is 31.3. The number of aliphatic hydroxyl groups is 4. The Morgan fingerprint density at radius 3 is 2.12 bits per heavy atom. The van der Waals surface area contributed by atoms with Gasteiger partial charge in [-0.2, -0.15) is 4.31 Å². The van der Waals surface area contributed by atoms with Crippen LogP contribution in [0.25, 0.3) is 11.2 Å². The fourth-order valence-electron chi connectivity index (χ4n) is 4.47. The number of aliphatic hydroxyl groups excluding tert-OH is 4. The lowest BCUT2D eigenvalue weighted by atomic mass is 10.0. The van der Waals surface area contributed by atoms with Gasteiger partial charge >= 0.3 is 15.6 Å². The number of nitrogens with two attached hydrogens (primary N) is 1. The number of hydrogen-bond donors (Lipinski definition) is 7. The molecule has 2 fully saturated rings. The quantitative estimate of drug-likeness (QED) is 0.136. The lowest BCUT2D eigenvalue weighted by molar-refractivity contribution is -0.0507. The molecule has 2 aromatic heterocycles. The highest BCUT2D eigenvalue weighted by molar-refractivity contribution is 7.61. The second kappa shape index (κ2) is 11.7. The number of ether oxygens (including phenoxy) is 2. The molecule has 0 saturated carbocycles. The fraction of sp³-hybridized carbons (Fsp3) is 0.476. The van der Waals surface area contributed by atoms with Crippen LogP contribution < -0.4 is 5.73 Å². The van der Waals surface area contributed by atoms with Gasteiger partial charge in [0.2, 0.25) is 0 Å². The van der Waals surface area contributed by atoms with Gasteiger partial charge in [-0.3, -0.25) is 13.6 Å². The monoisotopic (exact) mass is 619 g/mol. The molecule has 18 nitrogen and oxygen atoms in total. The molecule has 4 heterocycles. The smallest absolute Gasteiger partial charge is 0.387 e. The van der Waals surface area contributed by atoms with E-state index < -0.39 is 77.8 Å². The minimum atomic E-state index is -5.31. The Kier molecular flexibility index (Phi) is 8.58. The van der Waals surface area contributed by atoms with E-state index in [0.717, 1.165) is 6.33 Å². The standard InChI is InChI=1S/C21H27N5O13P2/c22-19-13-20(24-8-23-19)26(9-25-13)21-17(30)15(28)12(38-21)7-36-41(33,34)39-40(31,32)35-6-11-14(27)16(29)18(37-11)10-4-2-1-3-5-10/h1-5,8-9,11-12,14-18,21,27-30H,6-7H2,(H,31,32)(H,33,34)(H2,22,23,24)/t11?,12-,14?,15+,16?,17-,18?,21-/m1/s1. The van der Waals surface area contributed by atoms with Gasteiger partial charge in [0, 0.05) is 0 Å². The summed E-state index contributed by atoms with van der Waals surface area (Å²) in [4.78, 5) is 31.8. The summed E-state index contributed by atoms with van der Waals surface area (Å²) in [5.41, 5.74) is 6.69. The van der Waals surface area contributed by atoms with Crippen molar-refractivity contribution in [3.63, 3.8) is 0 Å². The van der Waals surface area contributed by atoms with Crippen molar-refractivity contribution in [1.82, 2.24) is 19.5 Å². The first-order chi connectivity index (χ1) is 19.4. The van der Waals surface area contributed by atoms with Gasteiger partial charge in [0.1, 0.15) is 54.6 Å². The summed E-state index contributed by atoms with van der Waals surface area (Å²) in [5.74, 6) is 0.0666. The van der Waals surface area contributed by atoms with Crippen LogP contribution >= 0.6 is 15.6 Å². The van der Waals surface area contributed by atoms with Crippen LogP contribution in [0.2, 0.25) is 0 Å². The summed E-state index contributed by atoms with van der Waals surface area (Å²) < 4.78 is 50.8. The largest absolute Gasteiger partial charge is 0.481 e. The van der Waals surface area contributed by atoms with Crippen molar-refractivity contribution >= 4 is 32.6 Å². The van der Waals surface area contributed by atoms with Crippen LogP contribution in [0.4, 0.5) is 5.82 Å². The minimum absolute atomic E-state index is 0.0666. The third-order valence-corrected chi connectivity index (χ3v) is 9.10. The van der Waals surface area contributed by atoms with E-state index in [4.69, 9.17) is 24.3 Å². The Hall–Kier alpha value is -2.41. The van der Waals surface area contributed by atoms with Crippen molar-refractivity contribution in [3.05, 3.63) is 48.5 Å². The summed E-state index contributed by atoms with van der Waals surface area (Å²) >= 11 is 0. The summed E-state index contributed by atoms with van der Waals surface area (Å²) in [5, 5.41) is 41.4. The van der Waals surface area contributed by atoms with E-state index in [-0.39, 0.29) is 17.0 Å². The molecule has 5 rings (SSSR count). The summed E-state index contributed by atoms with van der Waals surface area (Å²) in [7, 11) is -10.6. The molecule has 20 heteroatoms. The topological polar surface area (TPSA) is 271 Å². The molecule has 0 aliphatic carbocycles. The predicted octanol–water partition coefficient (Wildman–Crippen LogP) is -0.860. The van der Waals surface area contributed by atoms with Crippen molar-refractivity contribution in [3.8, 4) is 0 Å². The first kappa shape index (κ1) is 30.1. The number of nitrogens with zero attached hydrogens (tertiary/aromatic N) is 4. The Bertz CT molecular complexity index is 1460. The number of nitrogen functional groups attached to an aromatic ring is 1. The van der Waals surface area contributed by atoms with Crippen LogP contribution in [-0.2, 0) is 32.0 Å². The highest BCUT2D eigenvalue weighted by Crippen LogP contribution is 2.60. The zero-order valence-electron chi connectivity index (χ0n) is 20.9. The second-order valence-corrected chi connectivity index (χ2v) is 12.3. The molecule has 0 amide bonds.